The van der Waals surface area contributed by atoms with Gasteiger partial charge in [-0.1, -0.05) is 68.5 Å². The molecule has 1 aliphatic carbocycles. The maximum atomic E-state index is 3.54. The van der Waals surface area contributed by atoms with Gasteiger partial charge in [0.1, 0.15) is 0 Å². The third-order valence-electron chi connectivity index (χ3n) is 5.78. The Hall–Kier alpha value is -2.00. The first-order valence-electron chi connectivity index (χ1n) is 10.5. The highest BCUT2D eigenvalue weighted by atomic mass is 14.2. The van der Waals surface area contributed by atoms with Crippen LogP contribution < -0.4 is 0 Å². The van der Waals surface area contributed by atoms with Crippen molar-refractivity contribution in [2.24, 2.45) is 5.92 Å². The topological polar surface area (TPSA) is 0 Å². The van der Waals surface area contributed by atoms with Crippen molar-refractivity contribution in [3.63, 3.8) is 0 Å². The van der Waals surface area contributed by atoms with Gasteiger partial charge in [-0.2, -0.15) is 0 Å². The zero-order valence-electron chi connectivity index (χ0n) is 16.4. The summed E-state index contributed by atoms with van der Waals surface area (Å²) in [7, 11) is 0. The maximum Gasteiger partial charge on any atom is 0.0245 e. The molecular weight excluding hydrogens is 312 g/mol. The van der Waals surface area contributed by atoms with Crippen molar-refractivity contribution in [1.82, 2.24) is 0 Å². The molecule has 136 valence electrons. The van der Waals surface area contributed by atoms with E-state index in [4.69, 9.17) is 0 Å². The van der Waals surface area contributed by atoms with Gasteiger partial charge in [-0.3, -0.25) is 0 Å². The lowest BCUT2D eigenvalue weighted by molar-refractivity contribution is 0.384. The van der Waals surface area contributed by atoms with Crippen LogP contribution in [-0.2, 0) is 12.8 Å². The summed E-state index contributed by atoms with van der Waals surface area (Å²) in [6.07, 6.45) is 9.88. The van der Waals surface area contributed by atoms with Crippen molar-refractivity contribution in [1.29, 1.82) is 0 Å². The predicted octanol–water partition coefficient (Wildman–Crippen LogP) is 6.92. The van der Waals surface area contributed by atoms with Crippen LogP contribution in [0.25, 0.3) is 0 Å². The summed E-state index contributed by atoms with van der Waals surface area (Å²) in [6.45, 7) is 4.46. The minimum atomic E-state index is 0.570. The van der Waals surface area contributed by atoms with Gasteiger partial charge < -0.3 is 0 Å². The summed E-state index contributed by atoms with van der Waals surface area (Å²) < 4.78 is 0. The monoisotopic (exact) mass is 344 g/mol. The Morgan fingerprint density at radius 1 is 0.808 bits per heavy atom. The van der Waals surface area contributed by atoms with E-state index in [1.54, 1.807) is 0 Å². The van der Waals surface area contributed by atoms with E-state index in [0.717, 1.165) is 12.3 Å². The van der Waals surface area contributed by atoms with Crippen molar-refractivity contribution in [3.8, 4) is 11.8 Å². The average Bonchev–Trinajstić information content (AvgIpc) is 2.72. The minimum absolute atomic E-state index is 0.570. The lowest BCUT2D eigenvalue weighted by Crippen LogP contribution is -2.12. The van der Waals surface area contributed by atoms with Crippen LogP contribution in [0.1, 0.15) is 80.5 Å². The molecule has 0 radical (unpaired) electrons. The van der Waals surface area contributed by atoms with Gasteiger partial charge in [0.05, 0.1) is 0 Å². The van der Waals surface area contributed by atoms with E-state index in [1.165, 1.54) is 67.2 Å². The van der Waals surface area contributed by atoms with Crippen molar-refractivity contribution in [3.05, 3.63) is 70.8 Å². The molecule has 0 atom stereocenters. The van der Waals surface area contributed by atoms with E-state index in [0.29, 0.717) is 5.92 Å². The first-order valence-corrected chi connectivity index (χ1v) is 10.5. The third kappa shape index (κ3) is 5.25. The number of unbranched alkanes of at least 4 members (excludes halogenated alkanes) is 1. The Morgan fingerprint density at radius 3 is 2.08 bits per heavy atom. The van der Waals surface area contributed by atoms with E-state index in [2.05, 4.69) is 74.2 Å². The number of rotatable bonds is 5. The molecule has 0 bridgehead atoms. The van der Waals surface area contributed by atoms with Gasteiger partial charge in [0.25, 0.3) is 0 Å². The molecule has 0 aliphatic heterocycles. The SMILES string of the molecule is CCCCc1ccc(C#C[C@H]2CC[C@H](c3ccc(CC)cc3)CC2)cc1. The first-order chi connectivity index (χ1) is 12.8. The number of hydrogen-bond donors (Lipinski definition) is 0. The standard InChI is InChI=1S/C26H32/c1-3-5-6-22-7-9-23(10-8-22)11-12-24-15-19-26(20-16-24)25-17-13-21(4-2)14-18-25/h7-10,13-14,17-18,24,26H,3-6,15-16,19-20H2,1-2H3/t24-,26-. The van der Waals surface area contributed by atoms with Crippen LogP contribution in [0.4, 0.5) is 0 Å². The van der Waals surface area contributed by atoms with E-state index in [1.807, 2.05) is 0 Å². The molecule has 1 saturated carbocycles. The second kappa shape index (κ2) is 9.63. The van der Waals surface area contributed by atoms with Crippen molar-refractivity contribution in [2.45, 2.75) is 71.1 Å². The fourth-order valence-corrected chi connectivity index (χ4v) is 3.92. The van der Waals surface area contributed by atoms with Crippen LogP contribution in [0.5, 0.6) is 0 Å². The Bertz CT molecular complexity index is 716. The zero-order valence-corrected chi connectivity index (χ0v) is 16.4. The second-order valence-electron chi connectivity index (χ2n) is 7.71. The molecule has 26 heavy (non-hydrogen) atoms. The summed E-state index contributed by atoms with van der Waals surface area (Å²) in [5.41, 5.74) is 5.57. The van der Waals surface area contributed by atoms with Crippen LogP contribution in [0, 0.1) is 17.8 Å². The molecule has 2 aromatic carbocycles. The van der Waals surface area contributed by atoms with Gasteiger partial charge in [-0.25, -0.2) is 0 Å². The summed E-state index contributed by atoms with van der Waals surface area (Å²) >= 11 is 0. The molecule has 0 amide bonds. The molecule has 2 aromatic rings. The van der Waals surface area contributed by atoms with Crippen LogP contribution in [0.2, 0.25) is 0 Å². The first kappa shape index (κ1) is 18.8. The summed E-state index contributed by atoms with van der Waals surface area (Å²) in [4.78, 5) is 0. The molecule has 0 N–H and O–H groups in total. The Labute approximate surface area is 160 Å². The average molecular weight is 345 g/mol. The van der Waals surface area contributed by atoms with Crippen molar-refractivity contribution < 1.29 is 0 Å². The van der Waals surface area contributed by atoms with E-state index >= 15 is 0 Å². The van der Waals surface area contributed by atoms with Crippen LogP contribution in [-0.4, -0.2) is 0 Å². The highest BCUT2D eigenvalue weighted by Gasteiger charge is 2.21. The molecule has 1 aliphatic rings. The van der Waals surface area contributed by atoms with Crippen LogP contribution in [0.15, 0.2) is 48.5 Å². The van der Waals surface area contributed by atoms with Crippen LogP contribution >= 0.6 is 0 Å². The van der Waals surface area contributed by atoms with Gasteiger partial charge in [0.15, 0.2) is 0 Å². The quantitative estimate of drug-likeness (QED) is 0.517. The van der Waals surface area contributed by atoms with Crippen molar-refractivity contribution >= 4 is 0 Å². The molecule has 0 aromatic heterocycles. The Balaban J connectivity index is 1.51. The van der Waals surface area contributed by atoms with Gasteiger partial charge in [0, 0.05) is 11.5 Å². The fraction of sp³-hybridized carbons (Fsp3) is 0.462. The normalized spacial score (nSPS) is 19.6. The lowest BCUT2D eigenvalue weighted by atomic mass is 9.79. The molecular formula is C26H32. The Kier molecular flexibility index (Phi) is 6.96. The van der Waals surface area contributed by atoms with Gasteiger partial charge in [-0.15, -0.1) is 0 Å². The third-order valence-corrected chi connectivity index (χ3v) is 5.78. The molecule has 1 fully saturated rings. The van der Waals surface area contributed by atoms with Crippen LogP contribution in [0.3, 0.4) is 0 Å². The highest BCUT2D eigenvalue weighted by Crippen LogP contribution is 2.35. The largest absolute Gasteiger partial charge is 0.0945 e. The van der Waals surface area contributed by atoms with Crippen molar-refractivity contribution in [2.75, 3.05) is 0 Å². The van der Waals surface area contributed by atoms with E-state index < -0.39 is 0 Å². The molecule has 0 spiro atoms. The lowest BCUT2D eigenvalue weighted by Gasteiger charge is -2.26. The highest BCUT2D eigenvalue weighted by molar-refractivity contribution is 5.37. The number of hydrogen-bond acceptors (Lipinski definition) is 0. The van der Waals surface area contributed by atoms with E-state index in [-0.39, 0.29) is 0 Å². The van der Waals surface area contributed by atoms with Gasteiger partial charge >= 0.3 is 0 Å². The predicted molar refractivity (Wildman–Crippen MR) is 112 cm³/mol. The summed E-state index contributed by atoms with van der Waals surface area (Å²) in [5.74, 6) is 8.26. The number of benzene rings is 2. The van der Waals surface area contributed by atoms with Gasteiger partial charge in [0.2, 0.25) is 0 Å². The smallest absolute Gasteiger partial charge is 0.0245 e. The molecule has 0 nitrogen and oxygen atoms in total. The fourth-order valence-electron chi connectivity index (χ4n) is 3.92. The molecule has 0 saturated heterocycles. The number of aryl methyl sites for hydroxylation is 2. The molecule has 0 unspecified atom stereocenters. The van der Waals surface area contributed by atoms with Gasteiger partial charge in [-0.05, 0) is 79.7 Å². The minimum Gasteiger partial charge on any atom is -0.0945 e. The second-order valence-corrected chi connectivity index (χ2v) is 7.71. The molecule has 0 heteroatoms. The summed E-state index contributed by atoms with van der Waals surface area (Å²) in [6, 6.07) is 18.2. The molecule has 3 rings (SSSR count). The maximum absolute atomic E-state index is 3.54. The Morgan fingerprint density at radius 2 is 1.46 bits per heavy atom. The zero-order chi connectivity index (χ0) is 18.2. The van der Waals surface area contributed by atoms with E-state index in [9.17, 15) is 0 Å². The molecule has 0 heterocycles. The summed E-state index contributed by atoms with van der Waals surface area (Å²) in [5, 5.41) is 0.